The van der Waals surface area contributed by atoms with Crippen LogP contribution in [0.4, 0.5) is 5.69 Å². The lowest BCUT2D eigenvalue weighted by molar-refractivity contribution is -0.130. The summed E-state index contributed by atoms with van der Waals surface area (Å²) in [5.74, 6) is 0.176. The lowest BCUT2D eigenvalue weighted by atomic mass is 10.1. The fraction of sp³-hybridized carbons (Fsp3) is 0.118. The summed E-state index contributed by atoms with van der Waals surface area (Å²) in [5.41, 5.74) is 1.51. The number of anilines is 1. The van der Waals surface area contributed by atoms with Crippen LogP contribution in [0.1, 0.15) is 5.56 Å². The van der Waals surface area contributed by atoms with Gasteiger partial charge in [-0.05, 0) is 17.7 Å². The SMILES string of the molecule is COc1ccc(NC=C(C(=O)O)c2ccccc2)cc1OC. The first kappa shape index (κ1) is 15.4. The molecule has 2 aromatic rings. The van der Waals surface area contributed by atoms with Crippen LogP contribution >= 0.6 is 0 Å². The Morgan fingerprint density at radius 1 is 1.05 bits per heavy atom. The Morgan fingerprint density at radius 2 is 1.73 bits per heavy atom. The molecular weight excluding hydrogens is 282 g/mol. The number of ether oxygens (including phenoxy) is 2. The molecule has 114 valence electrons. The molecule has 0 amide bonds. The molecular formula is C17H17NO4. The summed E-state index contributed by atoms with van der Waals surface area (Å²) < 4.78 is 10.4. The van der Waals surface area contributed by atoms with Crippen molar-refractivity contribution in [1.82, 2.24) is 0 Å². The predicted octanol–water partition coefficient (Wildman–Crippen LogP) is 3.24. The molecule has 0 aliphatic carbocycles. The number of methoxy groups -OCH3 is 2. The predicted molar refractivity (Wildman–Crippen MR) is 85.2 cm³/mol. The fourth-order valence-corrected chi connectivity index (χ4v) is 1.97. The Balaban J connectivity index is 2.27. The molecule has 5 heteroatoms. The minimum absolute atomic E-state index is 0.176. The number of hydrogen-bond donors (Lipinski definition) is 2. The molecule has 2 rings (SSSR count). The monoisotopic (exact) mass is 299 g/mol. The Bertz CT molecular complexity index is 680. The first-order valence-electron chi connectivity index (χ1n) is 6.63. The van der Waals surface area contributed by atoms with Crippen LogP contribution in [0.5, 0.6) is 11.5 Å². The number of carbonyl (C=O) groups is 1. The number of hydrogen-bond acceptors (Lipinski definition) is 4. The van der Waals surface area contributed by atoms with E-state index in [0.717, 1.165) is 0 Å². The van der Waals surface area contributed by atoms with E-state index >= 15 is 0 Å². The van der Waals surface area contributed by atoms with Gasteiger partial charge in [-0.2, -0.15) is 0 Å². The van der Waals surface area contributed by atoms with Crippen molar-refractivity contribution in [2.24, 2.45) is 0 Å². The summed E-state index contributed by atoms with van der Waals surface area (Å²) in [6.45, 7) is 0. The van der Waals surface area contributed by atoms with E-state index in [0.29, 0.717) is 22.7 Å². The number of nitrogens with one attached hydrogen (secondary N) is 1. The third kappa shape index (κ3) is 3.58. The van der Waals surface area contributed by atoms with Gasteiger partial charge in [0.25, 0.3) is 0 Å². The molecule has 0 atom stereocenters. The van der Waals surface area contributed by atoms with Crippen LogP contribution in [0.15, 0.2) is 54.7 Å². The van der Waals surface area contributed by atoms with Crippen molar-refractivity contribution in [3.63, 3.8) is 0 Å². The molecule has 0 saturated heterocycles. The zero-order valence-electron chi connectivity index (χ0n) is 12.4. The van der Waals surface area contributed by atoms with E-state index in [-0.39, 0.29) is 5.57 Å². The lowest BCUT2D eigenvalue weighted by Crippen LogP contribution is -2.02. The molecule has 0 radical (unpaired) electrons. The molecule has 0 aliphatic heterocycles. The van der Waals surface area contributed by atoms with Crippen molar-refractivity contribution in [2.75, 3.05) is 19.5 Å². The Kier molecular flexibility index (Phi) is 5.03. The van der Waals surface area contributed by atoms with Gasteiger partial charge in [-0.25, -0.2) is 4.79 Å². The number of rotatable bonds is 6. The fourth-order valence-electron chi connectivity index (χ4n) is 1.97. The second-order valence-electron chi connectivity index (χ2n) is 4.44. The molecule has 0 heterocycles. The van der Waals surface area contributed by atoms with Crippen molar-refractivity contribution in [3.05, 3.63) is 60.3 Å². The van der Waals surface area contributed by atoms with Gasteiger partial charge in [0, 0.05) is 18.0 Å². The first-order chi connectivity index (χ1) is 10.7. The summed E-state index contributed by atoms with van der Waals surface area (Å²) in [4.78, 5) is 11.4. The van der Waals surface area contributed by atoms with E-state index in [1.165, 1.54) is 6.20 Å². The minimum atomic E-state index is -1.00. The highest BCUT2D eigenvalue weighted by molar-refractivity contribution is 6.15. The smallest absolute Gasteiger partial charge is 0.337 e. The largest absolute Gasteiger partial charge is 0.493 e. The van der Waals surface area contributed by atoms with E-state index in [1.54, 1.807) is 56.7 Å². The summed E-state index contributed by atoms with van der Waals surface area (Å²) in [5, 5.41) is 12.3. The third-order valence-corrected chi connectivity index (χ3v) is 3.08. The van der Waals surface area contributed by atoms with Gasteiger partial charge >= 0.3 is 5.97 Å². The van der Waals surface area contributed by atoms with Crippen molar-refractivity contribution < 1.29 is 19.4 Å². The van der Waals surface area contributed by atoms with Crippen LogP contribution in [0, 0.1) is 0 Å². The van der Waals surface area contributed by atoms with Crippen LogP contribution in [-0.2, 0) is 4.79 Å². The van der Waals surface area contributed by atoms with Gasteiger partial charge in [0.05, 0.1) is 19.8 Å². The molecule has 5 nitrogen and oxygen atoms in total. The van der Waals surface area contributed by atoms with Gasteiger partial charge in [0.2, 0.25) is 0 Å². The molecule has 0 unspecified atom stereocenters. The van der Waals surface area contributed by atoms with E-state index in [9.17, 15) is 9.90 Å². The second kappa shape index (κ2) is 7.17. The molecule has 0 aromatic heterocycles. The zero-order chi connectivity index (χ0) is 15.9. The minimum Gasteiger partial charge on any atom is -0.493 e. The van der Waals surface area contributed by atoms with Gasteiger partial charge in [0.1, 0.15) is 0 Å². The maximum absolute atomic E-state index is 11.4. The molecule has 0 bridgehead atoms. The highest BCUT2D eigenvalue weighted by atomic mass is 16.5. The quantitative estimate of drug-likeness (QED) is 0.801. The van der Waals surface area contributed by atoms with E-state index in [2.05, 4.69) is 5.32 Å². The Labute approximate surface area is 128 Å². The number of carboxylic acid groups (broad SMARTS) is 1. The van der Waals surface area contributed by atoms with Crippen LogP contribution in [0.25, 0.3) is 5.57 Å². The third-order valence-electron chi connectivity index (χ3n) is 3.08. The van der Waals surface area contributed by atoms with Crippen molar-refractivity contribution >= 4 is 17.2 Å². The topological polar surface area (TPSA) is 67.8 Å². The van der Waals surface area contributed by atoms with Crippen LogP contribution in [0.2, 0.25) is 0 Å². The van der Waals surface area contributed by atoms with E-state index < -0.39 is 5.97 Å². The Hall–Kier alpha value is -2.95. The van der Waals surface area contributed by atoms with Crippen LogP contribution in [0.3, 0.4) is 0 Å². The maximum Gasteiger partial charge on any atom is 0.337 e. The van der Waals surface area contributed by atoms with Crippen molar-refractivity contribution in [1.29, 1.82) is 0 Å². The lowest BCUT2D eigenvalue weighted by Gasteiger charge is -2.10. The molecule has 0 saturated carbocycles. The zero-order valence-corrected chi connectivity index (χ0v) is 12.4. The molecule has 0 fully saturated rings. The normalized spacial score (nSPS) is 10.9. The van der Waals surface area contributed by atoms with E-state index in [4.69, 9.17) is 9.47 Å². The number of aliphatic carboxylic acids is 1. The average molecular weight is 299 g/mol. The molecule has 22 heavy (non-hydrogen) atoms. The molecule has 2 aromatic carbocycles. The van der Waals surface area contributed by atoms with Gasteiger partial charge in [-0.1, -0.05) is 30.3 Å². The van der Waals surface area contributed by atoms with Crippen molar-refractivity contribution in [2.45, 2.75) is 0 Å². The van der Waals surface area contributed by atoms with E-state index in [1.807, 2.05) is 6.07 Å². The highest BCUT2D eigenvalue weighted by Gasteiger charge is 2.10. The van der Waals surface area contributed by atoms with Gasteiger partial charge < -0.3 is 19.9 Å². The molecule has 2 N–H and O–H groups in total. The number of carboxylic acids is 1. The number of benzene rings is 2. The molecule has 0 aliphatic rings. The standard InChI is InChI=1S/C17H17NO4/c1-21-15-9-8-13(10-16(15)22-2)18-11-14(17(19)20)12-6-4-3-5-7-12/h3-11,18H,1-2H3,(H,19,20). The van der Waals surface area contributed by atoms with Crippen molar-refractivity contribution in [3.8, 4) is 11.5 Å². The average Bonchev–Trinajstić information content (AvgIpc) is 2.55. The van der Waals surface area contributed by atoms with Gasteiger partial charge in [-0.15, -0.1) is 0 Å². The Morgan fingerprint density at radius 3 is 2.32 bits per heavy atom. The van der Waals surface area contributed by atoms with Gasteiger partial charge in [0.15, 0.2) is 11.5 Å². The highest BCUT2D eigenvalue weighted by Crippen LogP contribution is 2.30. The first-order valence-corrected chi connectivity index (χ1v) is 6.63. The second-order valence-corrected chi connectivity index (χ2v) is 4.44. The summed E-state index contributed by atoms with van der Waals surface area (Å²) in [6.07, 6.45) is 1.46. The molecule has 0 spiro atoms. The maximum atomic E-state index is 11.4. The summed E-state index contributed by atoms with van der Waals surface area (Å²) in [6, 6.07) is 14.2. The van der Waals surface area contributed by atoms with Crippen LogP contribution in [-0.4, -0.2) is 25.3 Å². The summed E-state index contributed by atoms with van der Waals surface area (Å²) in [7, 11) is 3.10. The summed E-state index contributed by atoms with van der Waals surface area (Å²) >= 11 is 0. The van der Waals surface area contributed by atoms with Crippen LogP contribution < -0.4 is 14.8 Å². The van der Waals surface area contributed by atoms with Gasteiger partial charge in [-0.3, -0.25) is 0 Å².